The largest absolute Gasteiger partial charge is 1.00 e. The molecule has 0 saturated carbocycles. The van der Waals surface area contributed by atoms with Crippen LogP contribution < -0.4 is 68.9 Å². The average Bonchev–Trinajstić information content (AvgIpc) is 3.12. The van der Waals surface area contributed by atoms with Crippen molar-refractivity contribution in [1.82, 2.24) is 0 Å². The van der Waals surface area contributed by atoms with Crippen molar-refractivity contribution in [1.29, 1.82) is 0 Å². The molecule has 0 spiro atoms. The van der Waals surface area contributed by atoms with E-state index in [1.54, 1.807) is 12.1 Å². The van der Waals surface area contributed by atoms with Gasteiger partial charge in [0.1, 0.15) is 21.5 Å². The monoisotopic (exact) mass is 1210 g/mol. The van der Waals surface area contributed by atoms with Crippen molar-refractivity contribution in [3.63, 3.8) is 0 Å². The Labute approximate surface area is 459 Å². The summed E-state index contributed by atoms with van der Waals surface area (Å²) in [4.78, 5) is 2.55. The molecular weight excluding hydrogens is 1150 g/mol. The Balaban J connectivity index is -0.000000180. The Morgan fingerprint density at radius 2 is 0.603 bits per heavy atom. The molecule has 4 aromatic carbocycles. The first-order chi connectivity index (χ1) is 30.7. The van der Waals surface area contributed by atoms with Gasteiger partial charge >= 0.3 is 158 Å². The van der Waals surface area contributed by atoms with Gasteiger partial charge in [0.2, 0.25) is 0 Å². The first kappa shape index (κ1) is 83.0. The zero-order valence-corrected chi connectivity index (χ0v) is 50.2. The normalized spacial score (nSPS) is 14.0. The van der Waals surface area contributed by atoms with Crippen molar-refractivity contribution < 1.29 is 170 Å². The number of rotatable bonds is 9. The van der Waals surface area contributed by atoms with Gasteiger partial charge in [0.05, 0.1) is 43.2 Å². The van der Waals surface area contributed by atoms with E-state index >= 15 is 0 Å². The fourth-order valence-corrected chi connectivity index (χ4v) is 5.12. The third-order valence-corrected chi connectivity index (χ3v) is 8.88. The van der Waals surface area contributed by atoms with Crippen LogP contribution in [0, 0.1) is 20.8 Å². The first-order valence-electron chi connectivity index (χ1n) is 20.2. The summed E-state index contributed by atoms with van der Waals surface area (Å²) in [6.45, 7) is 12.3. The van der Waals surface area contributed by atoms with E-state index in [9.17, 15) is 101 Å². The summed E-state index contributed by atoms with van der Waals surface area (Å²) in [5.41, 5.74) is 8.78. The predicted molar refractivity (Wildman–Crippen MR) is 247 cm³/mol. The quantitative estimate of drug-likeness (QED) is 0.0745. The third-order valence-electron chi connectivity index (χ3n) is 7.24. The zero-order chi connectivity index (χ0) is 57.6. The Morgan fingerprint density at radius 3 is 0.781 bits per heavy atom. The number of halogens is 18. The molecule has 8 nitrogen and oxygen atoms in total. The number of nitrogens with one attached hydrogen (secondary N) is 2. The second-order valence-corrected chi connectivity index (χ2v) is 24.1. The van der Waals surface area contributed by atoms with E-state index in [1.807, 2.05) is 13.8 Å². The van der Waals surface area contributed by atoms with Gasteiger partial charge in [0.15, 0.2) is 0 Å². The van der Waals surface area contributed by atoms with Gasteiger partial charge in [0.25, 0.3) is 0 Å². The molecule has 0 heterocycles. The molecule has 0 unspecified atom stereocenters. The number of aryl methyl sites for hydroxylation is 3. The van der Waals surface area contributed by atoms with Crippen LogP contribution in [-0.2, 0) is 20.2 Å². The summed E-state index contributed by atoms with van der Waals surface area (Å²) in [5.74, 6) is -0.219. The van der Waals surface area contributed by atoms with Crippen LogP contribution in [0.3, 0.4) is 0 Å². The summed E-state index contributed by atoms with van der Waals surface area (Å²) >= 11 is 0. The summed E-state index contributed by atoms with van der Waals surface area (Å²) in [5, 5.41) is 0. The van der Waals surface area contributed by atoms with Crippen molar-refractivity contribution in [3.05, 3.63) is 114 Å². The van der Waals surface area contributed by atoms with Crippen LogP contribution in [0.15, 0.2) is 102 Å². The fraction of sp³-hybridized carbons (Fsp3) is 0.400. The maximum Gasteiger partial charge on any atom is 1.00 e. The van der Waals surface area contributed by atoms with Crippen molar-refractivity contribution >= 4 is 55.0 Å². The standard InChI is InChI=1S/C15H17N.C9H13N.C7H8O3S.C5H12.C4H10O3S.3F6P.2Na/c1-12-4-6-13(7-5-12)14-8-10-15(11-9-14)16(2)3;1-8-4-6-9(7-5-8)10(2)3;1-6-2-4-7(5-3-6)11(8,9)10;1-3-5-4-2;1-2-3-4-8(5,6)7;3*1-7(2,3,4,5)6;;/h4-11H,1-3H3;4-7H,1-3H3;2-5H,1H3,(H,8,9,10);3-5H2,1-2H3;2-4H2,1H3,(H,5,6,7);;;;;/q;;;;;3*-1;2*+1. The van der Waals surface area contributed by atoms with E-state index in [-0.39, 0.29) is 69.8 Å². The minimum Gasteiger partial charge on any atom is 1.00 e. The van der Waals surface area contributed by atoms with Crippen LogP contribution in [-0.4, -0.2) is 59.9 Å². The molecule has 0 saturated heterocycles. The molecule has 33 heteroatoms. The van der Waals surface area contributed by atoms with Crippen LogP contribution in [0.2, 0.25) is 0 Å². The molecule has 0 aliphatic heterocycles. The van der Waals surface area contributed by atoms with Crippen LogP contribution in [0.25, 0.3) is 11.1 Å². The molecule has 0 amide bonds. The average molecular weight is 1210 g/mol. The van der Waals surface area contributed by atoms with E-state index < -0.39 is 43.7 Å². The molecule has 0 atom stereocenters. The minimum atomic E-state index is -10.7. The Hall–Kier alpha value is -1.35. The molecule has 0 aliphatic rings. The second-order valence-electron chi connectivity index (χ2n) is 15.4. The van der Waals surface area contributed by atoms with Crippen LogP contribution in [0.1, 0.15) is 69.6 Å². The van der Waals surface area contributed by atoms with Gasteiger partial charge in [-0.2, -0.15) is 0 Å². The van der Waals surface area contributed by atoms with Gasteiger partial charge in [-0.25, -0.2) is 16.8 Å². The summed E-state index contributed by atoms with van der Waals surface area (Å²) in [6, 6.07) is 31.8. The van der Waals surface area contributed by atoms with E-state index in [0.717, 1.165) is 12.0 Å². The second kappa shape index (κ2) is 29.6. The third kappa shape index (κ3) is 82.2. The van der Waals surface area contributed by atoms with E-state index in [4.69, 9.17) is 0 Å². The molecule has 0 fully saturated rings. The Bertz CT molecular complexity index is 2290. The number of hydrogen-bond acceptors (Lipinski definition) is 6. The van der Waals surface area contributed by atoms with Crippen molar-refractivity contribution in [2.75, 3.05) is 33.9 Å². The molecule has 0 aliphatic carbocycles. The van der Waals surface area contributed by atoms with Crippen LogP contribution in [0.4, 0.5) is 86.9 Å². The van der Waals surface area contributed by atoms with Gasteiger partial charge in [-0.1, -0.05) is 112 Å². The van der Waals surface area contributed by atoms with Gasteiger partial charge in [-0.05, 0) is 86.8 Å². The maximum atomic E-state index is 10.4. The fourth-order valence-electron chi connectivity index (χ4n) is 4.01. The molecule has 0 radical (unpaired) electrons. The van der Waals surface area contributed by atoms with E-state index in [1.165, 1.54) is 74.8 Å². The smallest absolute Gasteiger partial charge is 1.00 e. The van der Waals surface area contributed by atoms with Gasteiger partial charge < -0.3 is 18.9 Å². The molecule has 73 heavy (non-hydrogen) atoms. The molecule has 0 bridgehead atoms. The zero-order valence-electron chi connectivity index (χ0n) is 41.9. The molecule has 4 rings (SSSR count). The van der Waals surface area contributed by atoms with Crippen molar-refractivity contribution in [3.8, 4) is 11.1 Å². The van der Waals surface area contributed by atoms with Crippen molar-refractivity contribution in [2.45, 2.75) is 78.5 Å². The summed E-state index contributed by atoms with van der Waals surface area (Å²) < 4.78 is 238. The minimum absolute atomic E-state index is 0. The number of hydrogen-bond donors (Lipinski definition) is 2. The number of quaternary nitrogens is 2. The Morgan fingerprint density at radius 1 is 0.397 bits per heavy atom. The van der Waals surface area contributed by atoms with E-state index in [2.05, 4.69) is 129 Å². The SMILES string of the molecule is CCCCC.CCCCS(=O)(=O)[O-].Cc1ccc(-c2ccc([NH+](C)C)cc2)cc1.Cc1ccc(S(=O)(=O)[O-])cc1.Cc1ccc([NH+](C)C)cc1.F[P-](F)(F)(F)(F)F.F[P-](F)(F)(F)(F)F.F[P-](F)(F)(F)(F)F.[Na+].[Na+]. The van der Waals surface area contributed by atoms with Gasteiger partial charge in [-0.3, -0.25) is 0 Å². The van der Waals surface area contributed by atoms with Gasteiger partial charge in [-0.15, -0.1) is 0 Å². The molecule has 0 aromatic heterocycles. The molecular formula is C40H60F18N2Na2O6P3S2-. The van der Waals surface area contributed by atoms with Gasteiger partial charge in [0, 0.05) is 5.75 Å². The van der Waals surface area contributed by atoms with E-state index in [0.29, 0.717) is 6.42 Å². The maximum absolute atomic E-state index is 10.7. The van der Waals surface area contributed by atoms with Crippen molar-refractivity contribution in [2.24, 2.45) is 0 Å². The first-order valence-corrected chi connectivity index (χ1v) is 29.3. The molecule has 2 N–H and O–H groups in total. The number of unbranched alkanes of at least 4 members (excludes halogenated alkanes) is 3. The molecule has 4 aromatic rings. The van der Waals surface area contributed by atoms with Crippen LogP contribution >= 0.6 is 23.4 Å². The summed E-state index contributed by atoms with van der Waals surface area (Å²) in [7, 11) is -31.6. The summed E-state index contributed by atoms with van der Waals surface area (Å²) in [6.07, 6.45) is 5.31. The Kier molecular flexibility index (Phi) is 33.6. The van der Waals surface area contributed by atoms with Crippen LogP contribution in [0.5, 0.6) is 0 Å². The number of benzene rings is 4. The topological polar surface area (TPSA) is 123 Å². The molecule has 422 valence electrons. The predicted octanol–water partition coefficient (Wildman–Crippen LogP) is 10.8.